The Kier molecular flexibility index (Phi) is 3.31. The van der Waals surface area contributed by atoms with E-state index >= 15 is 0 Å². The van der Waals surface area contributed by atoms with Crippen molar-refractivity contribution in [2.24, 2.45) is 0 Å². The normalized spacial score (nSPS) is 9.33. The molecule has 0 aromatic heterocycles. The Labute approximate surface area is 72.6 Å². The third-order valence-corrected chi connectivity index (χ3v) is 1.56. The first-order chi connectivity index (χ1) is 5.86. The summed E-state index contributed by atoms with van der Waals surface area (Å²) in [7, 11) is 1.67. The first kappa shape index (κ1) is 8.76. The highest BCUT2D eigenvalue weighted by atomic mass is 16.5. The molecule has 1 aromatic carbocycles. The number of hydrogen-bond donors (Lipinski definition) is 0. The van der Waals surface area contributed by atoms with Crippen LogP contribution in [0.2, 0.25) is 0 Å². The lowest BCUT2D eigenvalue weighted by Crippen LogP contribution is -1.88. The second kappa shape index (κ2) is 4.53. The molecule has 0 aliphatic carbocycles. The molecular formula is C10H11NO. The zero-order valence-electron chi connectivity index (χ0n) is 7.08. The SMILES string of the molecule is [C-]#[N+]Cc1cccc(COC)c1. The maximum absolute atomic E-state index is 6.71. The smallest absolute Gasteiger partial charge is 0.239 e. The van der Waals surface area contributed by atoms with Crippen LogP contribution in [0.5, 0.6) is 0 Å². The van der Waals surface area contributed by atoms with Crippen LogP contribution >= 0.6 is 0 Å². The molecule has 2 nitrogen and oxygen atoms in total. The molecule has 0 aliphatic rings. The summed E-state index contributed by atoms with van der Waals surface area (Å²) in [6.07, 6.45) is 0. The minimum absolute atomic E-state index is 0.456. The number of ether oxygens (including phenoxy) is 1. The van der Waals surface area contributed by atoms with Gasteiger partial charge >= 0.3 is 0 Å². The van der Waals surface area contributed by atoms with Gasteiger partial charge in [-0.2, -0.15) is 0 Å². The molecule has 0 unspecified atom stereocenters. The van der Waals surface area contributed by atoms with Gasteiger partial charge in [0.05, 0.1) is 6.61 Å². The highest BCUT2D eigenvalue weighted by Crippen LogP contribution is 2.07. The molecule has 0 N–H and O–H groups in total. The summed E-state index contributed by atoms with van der Waals surface area (Å²) in [6, 6.07) is 7.91. The second-order valence-corrected chi connectivity index (χ2v) is 2.57. The minimum Gasteiger partial charge on any atom is -0.380 e. The average Bonchev–Trinajstić information content (AvgIpc) is 2.06. The highest BCUT2D eigenvalue weighted by molar-refractivity contribution is 5.23. The van der Waals surface area contributed by atoms with Gasteiger partial charge in [-0.25, -0.2) is 6.57 Å². The lowest BCUT2D eigenvalue weighted by molar-refractivity contribution is 0.185. The van der Waals surface area contributed by atoms with Gasteiger partial charge in [0.1, 0.15) is 0 Å². The van der Waals surface area contributed by atoms with Crippen molar-refractivity contribution >= 4 is 0 Å². The van der Waals surface area contributed by atoms with Crippen molar-refractivity contribution in [3.05, 3.63) is 46.8 Å². The fourth-order valence-electron chi connectivity index (χ4n) is 1.08. The summed E-state index contributed by atoms with van der Waals surface area (Å²) in [4.78, 5) is 3.32. The molecule has 0 atom stereocenters. The third kappa shape index (κ3) is 2.37. The Morgan fingerprint density at radius 2 is 2.17 bits per heavy atom. The van der Waals surface area contributed by atoms with E-state index in [4.69, 9.17) is 11.3 Å². The zero-order valence-corrected chi connectivity index (χ0v) is 7.08. The van der Waals surface area contributed by atoms with E-state index < -0.39 is 0 Å². The van der Waals surface area contributed by atoms with E-state index in [1.165, 1.54) is 0 Å². The summed E-state index contributed by atoms with van der Waals surface area (Å²) < 4.78 is 4.98. The molecule has 0 heterocycles. The van der Waals surface area contributed by atoms with Gasteiger partial charge in [-0.15, -0.1) is 0 Å². The van der Waals surface area contributed by atoms with Crippen LogP contribution in [0.4, 0.5) is 0 Å². The maximum atomic E-state index is 6.71. The molecule has 1 aromatic rings. The molecule has 0 bridgehead atoms. The summed E-state index contributed by atoms with van der Waals surface area (Å²) >= 11 is 0. The lowest BCUT2D eigenvalue weighted by Gasteiger charge is -1.99. The van der Waals surface area contributed by atoms with Crippen LogP contribution in [0, 0.1) is 6.57 Å². The number of hydrogen-bond acceptors (Lipinski definition) is 1. The van der Waals surface area contributed by atoms with E-state index in [9.17, 15) is 0 Å². The van der Waals surface area contributed by atoms with E-state index in [-0.39, 0.29) is 0 Å². The molecule has 0 radical (unpaired) electrons. The molecule has 12 heavy (non-hydrogen) atoms. The largest absolute Gasteiger partial charge is 0.380 e. The van der Waals surface area contributed by atoms with Gasteiger partial charge in [-0.05, 0) is 11.6 Å². The Morgan fingerprint density at radius 3 is 2.83 bits per heavy atom. The van der Waals surface area contributed by atoms with Gasteiger partial charge in [-0.3, -0.25) is 0 Å². The van der Waals surface area contributed by atoms with Gasteiger partial charge in [0.15, 0.2) is 0 Å². The lowest BCUT2D eigenvalue weighted by atomic mass is 10.1. The minimum atomic E-state index is 0.456. The number of nitrogens with zero attached hydrogens (tertiary/aromatic N) is 1. The van der Waals surface area contributed by atoms with Crippen LogP contribution in [0.1, 0.15) is 11.1 Å². The predicted octanol–water partition coefficient (Wildman–Crippen LogP) is 2.25. The van der Waals surface area contributed by atoms with Gasteiger partial charge in [0.25, 0.3) is 0 Å². The van der Waals surface area contributed by atoms with E-state index in [1.807, 2.05) is 24.3 Å². The van der Waals surface area contributed by atoms with Crippen LogP contribution in [0.15, 0.2) is 24.3 Å². The van der Waals surface area contributed by atoms with Crippen LogP contribution < -0.4 is 0 Å². The molecule has 1 rings (SSSR count). The zero-order chi connectivity index (χ0) is 8.81. The van der Waals surface area contributed by atoms with Crippen LogP contribution in [0.25, 0.3) is 4.85 Å². The van der Waals surface area contributed by atoms with Crippen molar-refractivity contribution in [2.75, 3.05) is 7.11 Å². The summed E-state index contributed by atoms with van der Waals surface area (Å²) in [5, 5.41) is 0. The highest BCUT2D eigenvalue weighted by Gasteiger charge is 1.96. The van der Waals surface area contributed by atoms with Gasteiger partial charge in [-0.1, -0.05) is 18.2 Å². The van der Waals surface area contributed by atoms with Crippen molar-refractivity contribution in [1.82, 2.24) is 0 Å². The Hall–Kier alpha value is -1.33. The van der Waals surface area contributed by atoms with E-state index in [1.54, 1.807) is 7.11 Å². The Morgan fingerprint density at radius 1 is 1.42 bits per heavy atom. The molecule has 0 spiro atoms. The van der Waals surface area contributed by atoms with Gasteiger partial charge in [0, 0.05) is 12.7 Å². The molecule has 0 saturated heterocycles. The first-order valence-electron chi connectivity index (χ1n) is 3.77. The van der Waals surface area contributed by atoms with Gasteiger partial charge in [0.2, 0.25) is 6.54 Å². The Balaban J connectivity index is 2.75. The topological polar surface area (TPSA) is 13.6 Å². The molecule has 2 heteroatoms. The van der Waals surface area contributed by atoms with Crippen molar-refractivity contribution in [1.29, 1.82) is 0 Å². The summed E-state index contributed by atoms with van der Waals surface area (Å²) in [5.41, 5.74) is 2.18. The van der Waals surface area contributed by atoms with Crippen molar-refractivity contribution in [3.63, 3.8) is 0 Å². The second-order valence-electron chi connectivity index (χ2n) is 2.57. The molecule has 0 saturated carbocycles. The molecule has 0 amide bonds. The maximum Gasteiger partial charge on any atom is 0.239 e. The molecule has 62 valence electrons. The van der Waals surface area contributed by atoms with Crippen LogP contribution in [0.3, 0.4) is 0 Å². The van der Waals surface area contributed by atoms with E-state index in [0.29, 0.717) is 13.2 Å². The van der Waals surface area contributed by atoms with E-state index in [0.717, 1.165) is 11.1 Å². The molecular weight excluding hydrogens is 150 g/mol. The van der Waals surface area contributed by atoms with Crippen LogP contribution in [-0.2, 0) is 17.9 Å². The fraction of sp³-hybridized carbons (Fsp3) is 0.300. The third-order valence-electron chi connectivity index (χ3n) is 1.56. The quantitative estimate of drug-likeness (QED) is 0.620. The summed E-state index contributed by atoms with van der Waals surface area (Å²) in [6.45, 7) is 7.78. The van der Waals surface area contributed by atoms with Crippen molar-refractivity contribution in [2.45, 2.75) is 13.2 Å². The van der Waals surface area contributed by atoms with Gasteiger partial charge < -0.3 is 9.58 Å². The Bertz CT molecular complexity index is 288. The predicted molar refractivity (Wildman–Crippen MR) is 47.5 cm³/mol. The van der Waals surface area contributed by atoms with Crippen molar-refractivity contribution < 1.29 is 4.74 Å². The molecule has 0 fully saturated rings. The number of methoxy groups -OCH3 is 1. The molecule has 0 aliphatic heterocycles. The monoisotopic (exact) mass is 161 g/mol. The number of benzene rings is 1. The number of rotatable bonds is 3. The average molecular weight is 161 g/mol. The van der Waals surface area contributed by atoms with E-state index in [2.05, 4.69) is 4.85 Å². The first-order valence-corrected chi connectivity index (χ1v) is 3.77. The standard InChI is InChI=1S/C10H11NO/c1-11-7-9-4-3-5-10(6-9)8-12-2/h3-6H,7-8H2,2H3. The van der Waals surface area contributed by atoms with Crippen LogP contribution in [-0.4, -0.2) is 7.11 Å². The summed E-state index contributed by atoms with van der Waals surface area (Å²) in [5.74, 6) is 0. The fourth-order valence-corrected chi connectivity index (χ4v) is 1.08. The van der Waals surface area contributed by atoms with Crippen molar-refractivity contribution in [3.8, 4) is 0 Å².